The molecule has 2 N–H and O–H groups in total. The van der Waals surface area contributed by atoms with Crippen molar-refractivity contribution in [2.45, 2.75) is 32.7 Å². The fraction of sp³-hybridized carbons (Fsp3) is 0.471. The molecule has 0 spiro atoms. The molecule has 2 amide bonds. The molecule has 7 heteroatoms. The van der Waals surface area contributed by atoms with Gasteiger partial charge in [-0.1, -0.05) is 26.0 Å². The van der Waals surface area contributed by atoms with Crippen LogP contribution in [0.4, 0.5) is 10.1 Å². The number of carbonyl (C=O) groups is 3. The molecule has 2 atom stereocenters. The third-order valence-corrected chi connectivity index (χ3v) is 3.96. The van der Waals surface area contributed by atoms with Crippen LogP contribution in [-0.2, 0) is 14.4 Å². The predicted octanol–water partition coefficient (Wildman–Crippen LogP) is 1.79. The number of hydrogen-bond donors (Lipinski definition) is 2. The molecule has 0 radical (unpaired) electrons. The standard InChI is InChI=1S/C17H21FN2O4/c1-10(2)7-13(17(23)24)19-16(22)11-8-15(21)20(9-11)14-6-4-3-5-12(14)18/h3-6,10-11,13H,7-9H2,1-2H3,(H,19,22)(H,23,24)/t11?,13-/m0/s1. The van der Waals surface area contributed by atoms with Gasteiger partial charge in [-0.3, -0.25) is 9.59 Å². The molecule has 1 saturated heterocycles. The topological polar surface area (TPSA) is 86.7 Å². The Hall–Kier alpha value is -2.44. The maximum absolute atomic E-state index is 13.8. The number of rotatable bonds is 6. The maximum atomic E-state index is 13.8. The molecule has 0 aromatic heterocycles. The monoisotopic (exact) mass is 336 g/mol. The van der Waals surface area contributed by atoms with Crippen LogP contribution in [0, 0.1) is 17.7 Å². The number of nitrogens with one attached hydrogen (secondary N) is 1. The van der Waals surface area contributed by atoms with Crippen LogP contribution in [0.3, 0.4) is 0 Å². The Morgan fingerprint density at radius 1 is 1.38 bits per heavy atom. The van der Waals surface area contributed by atoms with E-state index in [4.69, 9.17) is 0 Å². The zero-order valence-corrected chi connectivity index (χ0v) is 13.7. The maximum Gasteiger partial charge on any atom is 0.326 e. The van der Waals surface area contributed by atoms with Crippen LogP contribution in [-0.4, -0.2) is 35.5 Å². The van der Waals surface area contributed by atoms with Crippen molar-refractivity contribution in [1.82, 2.24) is 5.32 Å². The number of aliphatic carboxylic acids is 1. The van der Waals surface area contributed by atoms with Crippen LogP contribution < -0.4 is 10.2 Å². The summed E-state index contributed by atoms with van der Waals surface area (Å²) in [4.78, 5) is 36.9. The first-order valence-corrected chi connectivity index (χ1v) is 7.87. The zero-order chi connectivity index (χ0) is 17.9. The van der Waals surface area contributed by atoms with Gasteiger partial charge in [-0.05, 0) is 24.5 Å². The third-order valence-electron chi connectivity index (χ3n) is 3.96. The Balaban J connectivity index is 2.06. The summed E-state index contributed by atoms with van der Waals surface area (Å²) < 4.78 is 13.8. The molecule has 1 aromatic rings. The molecule has 2 rings (SSSR count). The fourth-order valence-corrected chi connectivity index (χ4v) is 2.77. The van der Waals surface area contributed by atoms with Crippen molar-refractivity contribution in [2.24, 2.45) is 11.8 Å². The molecular formula is C17H21FN2O4. The summed E-state index contributed by atoms with van der Waals surface area (Å²) in [6.07, 6.45) is 0.243. The van der Waals surface area contributed by atoms with E-state index >= 15 is 0 Å². The van der Waals surface area contributed by atoms with Gasteiger partial charge in [-0.15, -0.1) is 0 Å². The lowest BCUT2D eigenvalue weighted by molar-refractivity contribution is -0.142. The van der Waals surface area contributed by atoms with Crippen molar-refractivity contribution in [3.05, 3.63) is 30.1 Å². The summed E-state index contributed by atoms with van der Waals surface area (Å²) in [6, 6.07) is 4.87. The second-order valence-electron chi connectivity index (χ2n) is 6.39. The van der Waals surface area contributed by atoms with E-state index in [9.17, 15) is 23.9 Å². The summed E-state index contributed by atoms with van der Waals surface area (Å²) in [5, 5.41) is 11.7. The second-order valence-corrected chi connectivity index (χ2v) is 6.39. The quantitative estimate of drug-likeness (QED) is 0.829. The SMILES string of the molecule is CC(C)C[C@H](NC(=O)C1CC(=O)N(c2ccccc2F)C1)C(=O)O. The van der Waals surface area contributed by atoms with E-state index in [2.05, 4.69) is 5.32 Å². The Labute approximate surface area is 139 Å². The van der Waals surface area contributed by atoms with Gasteiger partial charge >= 0.3 is 5.97 Å². The van der Waals surface area contributed by atoms with E-state index in [-0.39, 0.29) is 30.5 Å². The average molecular weight is 336 g/mol. The van der Waals surface area contributed by atoms with Gasteiger partial charge in [0.25, 0.3) is 0 Å². The number of anilines is 1. The van der Waals surface area contributed by atoms with E-state index in [1.165, 1.54) is 23.1 Å². The number of carboxylic acids is 1. The van der Waals surface area contributed by atoms with Gasteiger partial charge in [0.05, 0.1) is 11.6 Å². The molecule has 0 saturated carbocycles. The average Bonchev–Trinajstić information content (AvgIpc) is 2.88. The van der Waals surface area contributed by atoms with Crippen LogP contribution in [0.2, 0.25) is 0 Å². The number of para-hydroxylation sites is 1. The zero-order valence-electron chi connectivity index (χ0n) is 13.7. The molecule has 0 aliphatic carbocycles. The lowest BCUT2D eigenvalue weighted by Crippen LogP contribution is -2.44. The summed E-state index contributed by atoms with van der Waals surface area (Å²) in [5.41, 5.74) is 0.134. The lowest BCUT2D eigenvalue weighted by Gasteiger charge is -2.20. The second kappa shape index (κ2) is 7.42. The fourth-order valence-electron chi connectivity index (χ4n) is 2.77. The highest BCUT2D eigenvalue weighted by Gasteiger charge is 2.37. The number of carboxylic acid groups (broad SMARTS) is 1. The molecular weight excluding hydrogens is 315 g/mol. The third kappa shape index (κ3) is 4.10. The first kappa shape index (κ1) is 17.9. The van der Waals surface area contributed by atoms with Gasteiger partial charge in [-0.2, -0.15) is 0 Å². The minimum atomic E-state index is -1.10. The normalized spacial score (nSPS) is 18.8. The summed E-state index contributed by atoms with van der Waals surface area (Å²) in [7, 11) is 0. The highest BCUT2D eigenvalue weighted by Crippen LogP contribution is 2.27. The minimum absolute atomic E-state index is 0.0413. The van der Waals surface area contributed by atoms with Crippen LogP contribution >= 0.6 is 0 Å². The van der Waals surface area contributed by atoms with Crippen molar-refractivity contribution in [1.29, 1.82) is 0 Å². The van der Waals surface area contributed by atoms with Gasteiger partial charge in [0, 0.05) is 13.0 Å². The lowest BCUT2D eigenvalue weighted by atomic mass is 10.0. The van der Waals surface area contributed by atoms with Crippen molar-refractivity contribution >= 4 is 23.5 Å². The number of carbonyl (C=O) groups excluding carboxylic acids is 2. The van der Waals surface area contributed by atoms with Crippen LogP contribution in [0.25, 0.3) is 0 Å². The number of nitrogens with zero attached hydrogens (tertiary/aromatic N) is 1. The Morgan fingerprint density at radius 3 is 2.62 bits per heavy atom. The highest BCUT2D eigenvalue weighted by molar-refractivity contribution is 6.00. The molecule has 1 aliphatic heterocycles. The summed E-state index contributed by atoms with van der Waals surface area (Å²) >= 11 is 0. The molecule has 1 aromatic carbocycles. The molecule has 1 unspecified atom stereocenters. The number of benzene rings is 1. The Morgan fingerprint density at radius 2 is 2.04 bits per heavy atom. The van der Waals surface area contributed by atoms with Gasteiger partial charge in [0.1, 0.15) is 11.9 Å². The first-order valence-electron chi connectivity index (χ1n) is 7.87. The van der Waals surface area contributed by atoms with Crippen LogP contribution in [0.1, 0.15) is 26.7 Å². The predicted molar refractivity (Wildman–Crippen MR) is 85.9 cm³/mol. The number of halogens is 1. The molecule has 1 aliphatic rings. The molecule has 130 valence electrons. The van der Waals surface area contributed by atoms with Gasteiger partial charge < -0.3 is 15.3 Å². The minimum Gasteiger partial charge on any atom is -0.480 e. The molecule has 0 bridgehead atoms. The van der Waals surface area contributed by atoms with E-state index in [0.717, 1.165) is 0 Å². The Kier molecular flexibility index (Phi) is 5.54. The molecule has 1 fully saturated rings. The van der Waals surface area contributed by atoms with Gasteiger partial charge in [0.2, 0.25) is 11.8 Å². The van der Waals surface area contributed by atoms with Crippen LogP contribution in [0.5, 0.6) is 0 Å². The molecule has 1 heterocycles. The summed E-state index contributed by atoms with van der Waals surface area (Å²) in [6.45, 7) is 3.77. The van der Waals surface area contributed by atoms with E-state index in [1.54, 1.807) is 6.07 Å². The smallest absolute Gasteiger partial charge is 0.326 e. The van der Waals surface area contributed by atoms with E-state index < -0.39 is 29.7 Å². The first-order chi connectivity index (χ1) is 11.3. The van der Waals surface area contributed by atoms with Crippen molar-refractivity contribution in [2.75, 3.05) is 11.4 Å². The number of hydrogen-bond acceptors (Lipinski definition) is 3. The summed E-state index contributed by atoms with van der Waals surface area (Å²) in [5.74, 6) is -3.06. The van der Waals surface area contributed by atoms with Crippen molar-refractivity contribution < 1.29 is 23.9 Å². The molecule has 24 heavy (non-hydrogen) atoms. The molecule has 6 nitrogen and oxygen atoms in total. The van der Waals surface area contributed by atoms with E-state index in [0.29, 0.717) is 6.42 Å². The largest absolute Gasteiger partial charge is 0.480 e. The van der Waals surface area contributed by atoms with Gasteiger partial charge in [0.15, 0.2) is 0 Å². The Bertz CT molecular complexity index is 647. The highest BCUT2D eigenvalue weighted by atomic mass is 19.1. The number of amides is 2. The van der Waals surface area contributed by atoms with Gasteiger partial charge in [-0.25, -0.2) is 9.18 Å². The van der Waals surface area contributed by atoms with Crippen LogP contribution in [0.15, 0.2) is 24.3 Å². The van der Waals surface area contributed by atoms with Crippen molar-refractivity contribution in [3.8, 4) is 0 Å². The van der Waals surface area contributed by atoms with E-state index in [1.807, 2.05) is 13.8 Å². The van der Waals surface area contributed by atoms with Crippen molar-refractivity contribution in [3.63, 3.8) is 0 Å².